The first kappa shape index (κ1) is 13.5. The van der Waals surface area contributed by atoms with E-state index in [9.17, 15) is 9.59 Å². The highest BCUT2D eigenvalue weighted by Gasteiger charge is 2.07. The van der Waals surface area contributed by atoms with Crippen LogP contribution in [0.15, 0.2) is 53.3 Å². The number of nitrogens with one attached hydrogen (secondary N) is 1. The summed E-state index contributed by atoms with van der Waals surface area (Å²) in [5, 5.41) is 3.38. The van der Waals surface area contributed by atoms with Gasteiger partial charge in [0.1, 0.15) is 10.5 Å². The van der Waals surface area contributed by atoms with Gasteiger partial charge in [-0.2, -0.15) is 0 Å². The van der Waals surface area contributed by atoms with Gasteiger partial charge in [-0.3, -0.25) is 9.59 Å². The molecule has 21 heavy (non-hydrogen) atoms. The molecule has 3 rings (SSSR count). The third-order valence-electron chi connectivity index (χ3n) is 2.98. The zero-order valence-electron chi connectivity index (χ0n) is 11.3. The minimum atomic E-state index is -0.257. The van der Waals surface area contributed by atoms with Crippen LogP contribution in [-0.2, 0) is 4.79 Å². The minimum absolute atomic E-state index is 0.199. The molecule has 1 aromatic carbocycles. The molecule has 104 valence electrons. The molecular weight excluding hydrogens is 284 g/mol. The highest BCUT2D eigenvalue weighted by molar-refractivity contribution is 7.16. The molecule has 0 radical (unpaired) electrons. The van der Waals surface area contributed by atoms with E-state index in [1.165, 1.54) is 6.92 Å². The molecule has 4 nitrogen and oxygen atoms in total. The summed E-state index contributed by atoms with van der Waals surface area (Å²) in [6.07, 6.45) is 0. The first-order valence-corrected chi connectivity index (χ1v) is 7.23. The molecule has 0 fully saturated rings. The van der Waals surface area contributed by atoms with Crippen LogP contribution < -0.4 is 10.1 Å². The van der Waals surface area contributed by atoms with Crippen LogP contribution >= 0.6 is 11.3 Å². The fourth-order valence-electron chi connectivity index (χ4n) is 2.05. The quantitative estimate of drug-likeness (QED) is 0.789. The Hall–Kier alpha value is -2.53. The van der Waals surface area contributed by atoms with Crippen LogP contribution in [0.3, 0.4) is 0 Å². The van der Waals surface area contributed by atoms with Crippen molar-refractivity contribution in [3.8, 4) is 11.3 Å². The van der Waals surface area contributed by atoms with E-state index in [0.29, 0.717) is 10.5 Å². The van der Waals surface area contributed by atoms with Crippen molar-refractivity contribution in [3.05, 3.63) is 58.1 Å². The van der Waals surface area contributed by atoms with E-state index in [1.54, 1.807) is 6.07 Å². The van der Waals surface area contributed by atoms with Crippen molar-refractivity contribution in [2.24, 2.45) is 0 Å². The molecule has 0 aliphatic carbocycles. The third-order valence-corrected chi connectivity index (χ3v) is 3.90. The molecule has 0 unspecified atom stereocenters. The first-order chi connectivity index (χ1) is 10.1. The topological polar surface area (TPSA) is 59.1 Å². The number of amides is 1. The van der Waals surface area contributed by atoms with Crippen molar-refractivity contribution in [1.82, 2.24) is 4.98 Å². The Morgan fingerprint density at radius 2 is 1.90 bits per heavy atom. The number of carbonyl (C=O) groups is 1. The molecule has 0 atom stereocenters. The summed E-state index contributed by atoms with van der Waals surface area (Å²) in [6.45, 7) is 1.38. The second-order valence-corrected chi connectivity index (χ2v) is 5.55. The van der Waals surface area contributed by atoms with Crippen molar-refractivity contribution in [2.75, 3.05) is 5.32 Å². The molecule has 3 aromatic rings. The molecule has 0 aliphatic heterocycles. The van der Waals surface area contributed by atoms with Crippen molar-refractivity contribution in [3.63, 3.8) is 0 Å². The van der Waals surface area contributed by atoms with E-state index >= 15 is 0 Å². The number of hydrogen-bond acceptors (Lipinski definition) is 4. The second-order valence-electron chi connectivity index (χ2n) is 4.59. The predicted molar refractivity (Wildman–Crippen MR) is 85.6 cm³/mol. The molecule has 0 saturated heterocycles. The molecule has 2 aromatic heterocycles. The Balaban J connectivity index is 2.11. The summed E-state index contributed by atoms with van der Waals surface area (Å²) < 4.78 is -0.199. The zero-order chi connectivity index (χ0) is 14.8. The van der Waals surface area contributed by atoms with Gasteiger partial charge < -0.3 is 5.32 Å². The Morgan fingerprint density at radius 1 is 1.14 bits per heavy atom. The number of carbonyl (C=O) groups excluding carboxylic acids is 1. The Morgan fingerprint density at radius 3 is 2.62 bits per heavy atom. The lowest BCUT2D eigenvalue weighted by Gasteiger charge is -2.04. The number of anilines is 1. The summed E-state index contributed by atoms with van der Waals surface area (Å²) >= 11 is 1.04. The number of hydrogen-bond donors (Lipinski definition) is 1. The smallest absolute Gasteiger partial charge is 0.257 e. The molecule has 0 saturated carbocycles. The fourth-order valence-corrected chi connectivity index (χ4v) is 2.83. The average Bonchev–Trinajstić information content (AvgIpc) is 2.48. The highest BCUT2D eigenvalue weighted by Crippen LogP contribution is 2.23. The molecular formula is C16H12N2O2S. The number of rotatable bonds is 2. The van der Waals surface area contributed by atoms with Gasteiger partial charge in [0.2, 0.25) is 5.91 Å². The lowest BCUT2D eigenvalue weighted by Crippen LogP contribution is -2.13. The zero-order valence-corrected chi connectivity index (χ0v) is 12.1. The average molecular weight is 296 g/mol. The summed E-state index contributed by atoms with van der Waals surface area (Å²) in [5.41, 5.74) is 2.13. The number of pyridine rings is 1. The number of benzene rings is 1. The van der Waals surface area contributed by atoms with Crippen LogP contribution in [0, 0.1) is 0 Å². The van der Waals surface area contributed by atoms with E-state index in [0.717, 1.165) is 28.0 Å². The van der Waals surface area contributed by atoms with Crippen molar-refractivity contribution in [1.29, 1.82) is 0 Å². The van der Waals surface area contributed by atoms with E-state index in [2.05, 4.69) is 10.3 Å². The Bertz CT molecular complexity index is 872. The predicted octanol–water partition coefficient (Wildman–Crippen LogP) is 3.28. The van der Waals surface area contributed by atoms with Gasteiger partial charge >= 0.3 is 0 Å². The summed E-state index contributed by atoms with van der Waals surface area (Å²) in [6, 6.07) is 15.3. The van der Waals surface area contributed by atoms with Gasteiger partial charge in [-0.1, -0.05) is 41.7 Å². The molecule has 0 bridgehead atoms. The molecule has 0 spiro atoms. The third kappa shape index (κ3) is 2.83. The van der Waals surface area contributed by atoms with Gasteiger partial charge in [-0.05, 0) is 18.2 Å². The monoisotopic (exact) mass is 296 g/mol. The molecule has 0 aliphatic rings. The summed E-state index contributed by atoms with van der Waals surface area (Å²) in [4.78, 5) is 28.3. The van der Waals surface area contributed by atoms with E-state index in [4.69, 9.17) is 0 Å². The van der Waals surface area contributed by atoms with Gasteiger partial charge in [0, 0.05) is 17.9 Å². The van der Waals surface area contributed by atoms with Gasteiger partial charge in [-0.15, -0.1) is 0 Å². The van der Waals surface area contributed by atoms with Crippen molar-refractivity contribution in [2.45, 2.75) is 6.92 Å². The highest BCUT2D eigenvalue weighted by atomic mass is 32.1. The van der Waals surface area contributed by atoms with E-state index < -0.39 is 0 Å². The maximum absolute atomic E-state index is 12.0. The largest absolute Gasteiger partial charge is 0.322 e. The van der Waals surface area contributed by atoms with Gasteiger partial charge in [0.15, 0.2) is 0 Å². The maximum atomic E-state index is 12.0. The lowest BCUT2D eigenvalue weighted by atomic mass is 10.1. The normalized spacial score (nSPS) is 10.5. The van der Waals surface area contributed by atoms with Crippen molar-refractivity contribution >= 4 is 33.1 Å². The van der Waals surface area contributed by atoms with Crippen LogP contribution in [0.25, 0.3) is 21.5 Å². The summed E-state index contributed by atoms with van der Waals surface area (Å²) in [7, 11) is 0. The minimum Gasteiger partial charge on any atom is -0.322 e. The second kappa shape index (κ2) is 5.46. The number of aromatic nitrogens is 1. The van der Waals surface area contributed by atoms with Gasteiger partial charge in [0.05, 0.1) is 5.69 Å². The molecule has 2 heterocycles. The van der Waals surface area contributed by atoms with Crippen LogP contribution in [0.5, 0.6) is 0 Å². The van der Waals surface area contributed by atoms with E-state index in [-0.39, 0.29) is 10.6 Å². The van der Waals surface area contributed by atoms with Gasteiger partial charge in [-0.25, -0.2) is 4.98 Å². The summed E-state index contributed by atoms with van der Waals surface area (Å²) in [5.74, 6) is -0.257. The number of nitrogens with zero attached hydrogens (tertiary/aromatic N) is 1. The standard InChI is InChI=1S/C16H12N2O2S/c1-10(19)17-14-9-12-7-8-13(11-5-3-2-4-6-11)18-15(12)21-16(14)20/h2-9H,1H3,(H,17,19). The lowest BCUT2D eigenvalue weighted by molar-refractivity contribution is -0.114. The van der Waals surface area contributed by atoms with Gasteiger partial charge in [0.25, 0.3) is 4.74 Å². The van der Waals surface area contributed by atoms with E-state index in [1.807, 2.05) is 42.5 Å². The maximum Gasteiger partial charge on any atom is 0.257 e. The SMILES string of the molecule is CC(=O)Nc1cc2ccc(-c3ccccc3)nc2sc1=O. The van der Waals surface area contributed by atoms with Crippen LogP contribution in [-0.4, -0.2) is 10.9 Å². The van der Waals surface area contributed by atoms with Crippen molar-refractivity contribution < 1.29 is 4.79 Å². The first-order valence-electron chi connectivity index (χ1n) is 6.41. The van der Waals surface area contributed by atoms with Crippen LogP contribution in [0.2, 0.25) is 0 Å². The molecule has 5 heteroatoms. The number of fused-ring (bicyclic) bond motifs is 1. The molecule has 1 N–H and O–H groups in total. The fraction of sp³-hybridized carbons (Fsp3) is 0.0625. The Kier molecular flexibility index (Phi) is 3.50. The van der Waals surface area contributed by atoms with Crippen LogP contribution in [0.4, 0.5) is 5.69 Å². The Labute approximate surface area is 125 Å². The molecule has 1 amide bonds. The van der Waals surface area contributed by atoms with Crippen LogP contribution in [0.1, 0.15) is 6.92 Å².